The molecule has 0 spiro atoms. The summed E-state index contributed by atoms with van der Waals surface area (Å²) in [5.74, 6) is 0.464. The van der Waals surface area contributed by atoms with Crippen LogP contribution in [0.5, 0.6) is 0 Å². The average Bonchev–Trinajstić information content (AvgIpc) is 2.47. The van der Waals surface area contributed by atoms with E-state index in [-0.39, 0.29) is 17.3 Å². The third-order valence-electron chi connectivity index (χ3n) is 3.06. The summed E-state index contributed by atoms with van der Waals surface area (Å²) in [7, 11) is 3.41. The SMILES string of the molecule is CCc1ccccc1Nc1ncnc(N(C)C)c1[N+](=O)[O-]. The lowest BCUT2D eigenvalue weighted by Crippen LogP contribution is -2.14. The fraction of sp³-hybridized carbons (Fsp3) is 0.286. The van der Waals surface area contributed by atoms with Crippen molar-refractivity contribution >= 4 is 23.0 Å². The second-order valence-electron chi connectivity index (χ2n) is 4.68. The van der Waals surface area contributed by atoms with Gasteiger partial charge in [-0.15, -0.1) is 0 Å². The molecule has 1 N–H and O–H groups in total. The van der Waals surface area contributed by atoms with Crippen LogP contribution in [0.25, 0.3) is 0 Å². The van der Waals surface area contributed by atoms with Gasteiger partial charge in [0.1, 0.15) is 6.33 Å². The Morgan fingerprint density at radius 2 is 2.00 bits per heavy atom. The predicted octanol–water partition coefficient (Wildman–Crippen LogP) is 2.76. The molecule has 21 heavy (non-hydrogen) atoms. The van der Waals surface area contributed by atoms with Gasteiger partial charge in [-0.25, -0.2) is 9.97 Å². The smallest absolute Gasteiger partial charge is 0.353 e. The normalized spacial score (nSPS) is 10.2. The van der Waals surface area contributed by atoms with Crippen LogP contribution in [-0.4, -0.2) is 29.0 Å². The molecule has 7 heteroatoms. The van der Waals surface area contributed by atoms with Gasteiger partial charge >= 0.3 is 5.69 Å². The van der Waals surface area contributed by atoms with Gasteiger partial charge in [0.15, 0.2) is 0 Å². The minimum atomic E-state index is -0.466. The molecule has 110 valence electrons. The molecule has 0 unspecified atom stereocenters. The molecule has 0 atom stereocenters. The van der Waals surface area contributed by atoms with Crippen LogP contribution >= 0.6 is 0 Å². The Bertz CT molecular complexity index is 658. The number of nitro groups is 1. The van der Waals surface area contributed by atoms with Crippen molar-refractivity contribution in [3.63, 3.8) is 0 Å². The number of nitrogens with one attached hydrogen (secondary N) is 1. The van der Waals surface area contributed by atoms with Crippen molar-refractivity contribution in [3.8, 4) is 0 Å². The minimum Gasteiger partial charge on any atom is -0.357 e. The van der Waals surface area contributed by atoms with Crippen LogP contribution in [0.2, 0.25) is 0 Å². The third-order valence-corrected chi connectivity index (χ3v) is 3.06. The zero-order valence-corrected chi connectivity index (χ0v) is 12.2. The van der Waals surface area contributed by atoms with E-state index in [0.717, 1.165) is 17.7 Å². The van der Waals surface area contributed by atoms with Crippen LogP contribution in [-0.2, 0) is 6.42 Å². The fourth-order valence-electron chi connectivity index (χ4n) is 2.03. The number of hydrogen-bond acceptors (Lipinski definition) is 6. The summed E-state index contributed by atoms with van der Waals surface area (Å²) in [5, 5.41) is 14.4. The van der Waals surface area contributed by atoms with E-state index >= 15 is 0 Å². The first kappa shape index (κ1) is 14.7. The zero-order valence-electron chi connectivity index (χ0n) is 12.2. The molecule has 0 aliphatic rings. The van der Waals surface area contributed by atoms with Gasteiger partial charge in [-0.2, -0.15) is 0 Å². The maximum absolute atomic E-state index is 11.4. The van der Waals surface area contributed by atoms with Crippen LogP contribution in [0.1, 0.15) is 12.5 Å². The zero-order chi connectivity index (χ0) is 15.4. The molecule has 0 fully saturated rings. The summed E-state index contributed by atoms with van der Waals surface area (Å²) in [6.07, 6.45) is 2.14. The Labute approximate surface area is 122 Å². The van der Waals surface area contributed by atoms with E-state index in [1.54, 1.807) is 19.0 Å². The Kier molecular flexibility index (Phi) is 4.32. The van der Waals surface area contributed by atoms with E-state index in [9.17, 15) is 10.1 Å². The summed E-state index contributed by atoms with van der Waals surface area (Å²) < 4.78 is 0. The number of aryl methyl sites for hydroxylation is 1. The van der Waals surface area contributed by atoms with E-state index in [4.69, 9.17) is 0 Å². The first-order valence-electron chi connectivity index (χ1n) is 6.56. The monoisotopic (exact) mass is 287 g/mol. The van der Waals surface area contributed by atoms with Gasteiger partial charge in [-0.3, -0.25) is 10.1 Å². The number of nitrogens with zero attached hydrogens (tertiary/aromatic N) is 4. The number of aromatic nitrogens is 2. The van der Waals surface area contributed by atoms with Crippen LogP contribution in [0.4, 0.5) is 23.0 Å². The van der Waals surface area contributed by atoms with Crippen LogP contribution < -0.4 is 10.2 Å². The standard InChI is InChI=1S/C14H17N5O2/c1-4-10-7-5-6-8-11(10)17-13-12(19(20)21)14(18(2)3)16-9-15-13/h5-9H,4H2,1-3H3,(H,15,16,17). The van der Waals surface area contributed by atoms with Gasteiger partial charge in [-0.1, -0.05) is 25.1 Å². The molecule has 0 amide bonds. The van der Waals surface area contributed by atoms with E-state index in [1.807, 2.05) is 31.2 Å². The molecule has 1 heterocycles. The number of anilines is 3. The van der Waals surface area contributed by atoms with E-state index < -0.39 is 4.92 Å². The molecule has 7 nitrogen and oxygen atoms in total. The Morgan fingerprint density at radius 1 is 1.29 bits per heavy atom. The van der Waals surface area contributed by atoms with Crippen molar-refractivity contribution in [2.75, 3.05) is 24.3 Å². The highest BCUT2D eigenvalue weighted by Crippen LogP contribution is 2.33. The Balaban J connectivity index is 2.49. The van der Waals surface area contributed by atoms with Gasteiger partial charge < -0.3 is 10.2 Å². The summed E-state index contributed by atoms with van der Waals surface area (Å²) in [6, 6.07) is 7.66. The van der Waals surface area contributed by atoms with Crippen LogP contribution in [0, 0.1) is 10.1 Å². The summed E-state index contributed by atoms with van der Waals surface area (Å²) in [5.41, 5.74) is 1.75. The molecule has 0 bridgehead atoms. The minimum absolute atomic E-state index is 0.131. The molecular formula is C14H17N5O2. The second-order valence-corrected chi connectivity index (χ2v) is 4.68. The lowest BCUT2D eigenvalue weighted by atomic mass is 10.1. The Morgan fingerprint density at radius 3 is 2.62 bits per heavy atom. The lowest BCUT2D eigenvalue weighted by Gasteiger charge is -2.14. The number of benzene rings is 1. The Hall–Kier alpha value is -2.70. The van der Waals surface area contributed by atoms with Crippen molar-refractivity contribution in [3.05, 3.63) is 46.3 Å². The maximum Gasteiger partial charge on any atom is 0.353 e. The molecule has 0 aliphatic heterocycles. The highest BCUT2D eigenvalue weighted by Gasteiger charge is 2.24. The molecular weight excluding hydrogens is 270 g/mol. The highest BCUT2D eigenvalue weighted by atomic mass is 16.6. The predicted molar refractivity (Wildman–Crippen MR) is 82.1 cm³/mol. The van der Waals surface area contributed by atoms with Crippen molar-refractivity contribution < 1.29 is 4.92 Å². The molecule has 0 saturated carbocycles. The second kappa shape index (κ2) is 6.17. The van der Waals surface area contributed by atoms with Crippen LogP contribution in [0.15, 0.2) is 30.6 Å². The number of para-hydroxylation sites is 1. The van der Waals surface area contributed by atoms with Gasteiger partial charge in [-0.05, 0) is 18.1 Å². The first-order valence-corrected chi connectivity index (χ1v) is 6.56. The van der Waals surface area contributed by atoms with E-state index in [0.29, 0.717) is 0 Å². The molecule has 2 aromatic rings. The average molecular weight is 287 g/mol. The van der Waals surface area contributed by atoms with E-state index in [2.05, 4.69) is 15.3 Å². The molecule has 0 radical (unpaired) electrons. The third kappa shape index (κ3) is 3.07. The van der Waals surface area contributed by atoms with Gasteiger partial charge in [0.2, 0.25) is 11.6 Å². The topological polar surface area (TPSA) is 84.2 Å². The highest BCUT2D eigenvalue weighted by molar-refractivity contribution is 5.75. The molecule has 0 saturated heterocycles. The fourth-order valence-corrected chi connectivity index (χ4v) is 2.03. The molecule has 0 aliphatic carbocycles. The van der Waals surface area contributed by atoms with E-state index in [1.165, 1.54) is 6.33 Å². The summed E-state index contributed by atoms with van der Waals surface area (Å²) in [6.45, 7) is 2.03. The number of rotatable bonds is 5. The summed E-state index contributed by atoms with van der Waals surface area (Å²) in [4.78, 5) is 20.5. The van der Waals surface area contributed by atoms with Crippen molar-refractivity contribution in [1.82, 2.24) is 9.97 Å². The molecule has 1 aromatic carbocycles. The largest absolute Gasteiger partial charge is 0.357 e. The summed E-state index contributed by atoms with van der Waals surface area (Å²) >= 11 is 0. The van der Waals surface area contributed by atoms with Gasteiger partial charge in [0, 0.05) is 19.8 Å². The van der Waals surface area contributed by atoms with Crippen LogP contribution in [0.3, 0.4) is 0 Å². The quantitative estimate of drug-likeness (QED) is 0.672. The lowest BCUT2D eigenvalue weighted by molar-refractivity contribution is -0.383. The van der Waals surface area contributed by atoms with Gasteiger partial charge in [0.05, 0.1) is 4.92 Å². The first-order chi connectivity index (χ1) is 10.0. The number of hydrogen-bond donors (Lipinski definition) is 1. The van der Waals surface area contributed by atoms with Crippen molar-refractivity contribution in [2.45, 2.75) is 13.3 Å². The molecule has 1 aromatic heterocycles. The van der Waals surface area contributed by atoms with Crippen molar-refractivity contribution in [1.29, 1.82) is 0 Å². The maximum atomic E-state index is 11.4. The van der Waals surface area contributed by atoms with Crippen molar-refractivity contribution in [2.24, 2.45) is 0 Å². The van der Waals surface area contributed by atoms with Gasteiger partial charge in [0.25, 0.3) is 0 Å². The molecule has 2 rings (SSSR count).